The van der Waals surface area contributed by atoms with E-state index in [1.165, 1.54) is 147 Å². The third-order valence-electron chi connectivity index (χ3n) is 8.79. The lowest BCUT2D eigenvalue weighted by Gasteiger charge is -2.29. The van der Waals surface area contributed by atoms with Gasteiger partial charge in [0.15, 0.2) is 0 Å². The van der Waals surface area contributed by atoms with Crippen molar-refractivity contribution in [3.05, 3.63) is 35.9 Å². The molecule has 0 saturated heterocycles. The lowest BCUT2D eigenvalue weighted by Crippen LogP contribution is -2.25. The summed E-state index contributed by atoms with van der Waals surface area (Å²) in [5.41, 5.74) is 1.56. The lowest BCUT2D eigenvalue weighted by atomic mass is 9.80. The highest BCUT2D eigenvalue weighted by molar-refractivity contribution is 5.69. The number of benzene rings is 1. The number of carbonyl (C=O) groups is 1. The Balaban J connectivity index is 2.26. The van der Waals surface area contributed by atoms with Crippen LogP contribution in [0, 0.1) is 5.41 Å². The van der Waals surface area contributed by atoms with E-state index in [9.17, 15) is 4.79 Å². The Morgan fingerprint density at radius 1 is 0.575 bits per heavy atom. The molecule has 40 heavy (non-hydrogen) atoms. The fourth-order valence-electron chi connectivity index (χ4n) is 5.92. The Morgan fingerprint density at radius 2 is 1.00 bits per heavy atom. The highest BCUT2D eigenvalue weighted by atomic mass is 16.5. The Morgan fingerprint density at radius 3 is 1.50 bits per heavy atom. The van der Waals surface area contributed by atoms with Gasteiger partial charge in [0.05, 0.1) is 6.61 Å². The molecule has 1 aromatic carbocycles. The molecule has 0 aromatic heterocycles. The summed E-state index contributed by atoms with van der Waals surface area (Å²) < 4.78 is 5.91. The molecule has 0 fully saturated rings. The van der Waals surface area contributed by atoms with E-state index >= 15 is 0 Å². The molecular weight excluding hydrogens is 488 g/mol. The molecule has 0 aliphatic rings. The molecule has 1 rings (SSSR count). The van der Waals surface area contributed by atoms with Gasteiger partial charge in [0.1, 0.15) is 0 Å². The Bertz CT molecular complexity index is 669. The van der Waals surface area contributed by atoms with E-state index in [-0.39, 0.29) is 11.4 Å². The molecule has 232 valence electrons. The largest absolute Gasteiger partial charge is 0.465 e. The first-order chi connectivity index (χ1) is 19.6. The molecule has 2 heteroatoms. The van der Waals surface area contributed by atoms with Gasteiger partial charge in [0, 0.05) is 11.8 Å². The maximum Gasteiger partial charge on any atom is 0.305 e. The van der Waals surface area contributed by atoms with Crippen LogP contribution in [0.2, 0.25) is 0 Å². The van der Waals surface area contributed by atoms with Gasteiger partial charge >= 0.3 is 5.97 Å². The molecule has 1 unspecified atom stereocenters. The van der Waals surface area contributed by atoms with Crippen LogP contribution in [0.4, 0.5) is 0 Å². The number of aryl methyl sites for hydroxylation is 1. The second-order valence-corrected chi connectivity index (χ2v) is 13.0. The first-order valence-corrected chi connectivity index (χ1v) is 17.8. The molecule has 0 heterocycles. The molecule has 0 N–H and O–H groups in total. The normalized spacial score (nSPS) is 12.9. The fourth-order valence-corrected chi connectivity index (χ4v) is 5.92. The van der Waals surface area contributed by atoms with Crippen LogP contribution in [0.5, 0.6) is 0 Å². The van der Waals surface area contributed by atoms with Crippen LogP contribution in [0.1, 0.15) is 187 Å². The minimum Gasteiger partial charge on any atom is -0.465 e. The van der Waals surface area contributed by atoms with Crippen LogP contribution < -0.4 is 0 Å². The van der Waals surface area contributed by atoms with Crippen LogP contribution in [0.15, 0.2) is 30.3 Å². The van der Waals surface area contributed by atoms with E-state index in [1.54, 1.807) is 0 Å². The van der Waals surface area contributed by atoms with E-state index in [1.807, 2.05) is 0 Å². The molecular formula is C38H68O2. The van der Waals surface area contributed by atoms with Crippen LogP contribution in [0.3, 0.4) is 0 Å². The zero-order valence-corrected chi connectivity index (χ0v) is 27.3. The number of carbonyl (C=O) groups excluding carboxylic acids is 1. The van der Waals surface area contributed by atoms with Gasteiger partial charge in [0.2, 0.25) is 0 Å². The first-order valence-electron chi connectivity index (χ1n) is 17.8. The fraction of sp³-hybridized carbons (Fsp3) is 0.816. The van der Waals surface area contributed by atoms with E-state index in [0.717, 1.165) is 19.3 Å². The van der Waals surface area contributed by atoms with Crippen molar-refractivity contribution in [1.82, 2.24) is 0 Å². The maximum absolute atomic E-state index is 12.6. The molecule has 0 bridgehead atoms. The zero-order chi connectivity index (χ0) is 29.0. The van der Waals surface area contributed by atoms with Crippen molar-refractivity contribution in [3.8, 4) is 0 Å². The predicted molar refractivity (Wildman–Crippen MR) is 176 cm³/mol. The van der Waals surface area contributed by atoms with Crippen molar-refractivity contribution >= 4 is 5.97 Å². The Kier molecular flexibility index (Phi) is 24.4. The minimum atomic E-state index is 0.0216. The van der Waals surface area contributed by atoms with Crippen molar-refractivity contribution in [2.75, 3.05) is 6.61 Å². The molecule has 0 amide bonds. The second-order valence-electron chi connectivity index (χ2n) is 13.0. The van der Waals surface area contributed by atoms with Gasteiger partial charge in [-0.05, 0) is 37.7 Å². The third-order valence-corrected chi connectivity index (χ3v) is 8.79. The number of ether oxygens (including phenoxy) is 1. The molecule has 0 radical (unpaired) electrons. The van der Waals surface area contributed by atoms with Crippen molar-refractivity contribution in [2.24, 2.45) is 5.41 Å². The monoisotopic (exact) mass is 557 g/mol. The van der Waals surface area contributed by atoms with Crippen molar-refractivity contribution in [1.29, 1.82) is 0 Å². The molecule has 0 aliphatic heterocycles. The average Bonchev–Trinajstić information content (AvgIpc) is 2.97. The molecule has 2 nitrogen and oxygen atoms in total. The van der Waals surface area contributed by atoms with Crippen LogP contribution in [-0.2, 0) is 16.0 Å². The highest BCUT2D eigenvalue weighted by Crippen LogP contribution is 2.32. The topological polar surface area (TPSA) is 26.3 Å². The molecule has 0 aliphatic carbocycles. The predicted octanol–water partition coefficient (Wildman–Crippen LogP) is 12.6. The summed E-state index contributed by atoms with van der Waals surface area (Å²) in [6.45, 7) is 7.58. The molecule has 1 atom stereocenters. The zero-order valence-electron chi connectivity index (χ0n) is 27.3. The van der Waals surface area contributed by atoms with E-state index < -0.39 is 0 Å². The summed E-state index contributed by atoms with van der Waals surface area (Å²) >= 11 is 0. The Hall–Kier alpha value is -1.31. The highest BCUT2D eigenvalue weighted by Gasteiger charge is 2.25. The van der Waals surface area contributed by atoms with Gasteiger partial charge in [0.25, 0.3) is 0 Å². The number of hydrogen-bond acceptors (Lipinski definition) is 2. The minimum absolute atomic E-state index is 0.0216. The SMILES string of the molecule is CCCCCCCCCCCCC(C)(CCCCCCCCCC)COC(=O)CCCCCCc1ccccc1. The van der Waals surface area contributed by atoms with Gasteiger partial charge < -0.3 is 4.74 Å². The van der Waals surface area contributed by atoms with Crippen LogP contribution >= 0.6 is 0 Å². The smallest absolute Gasteiger partial charge is 0.305 e. The van der Waals surface area contributed by atoms with Crippen LogP contribution in [0.25, 0.3) is 0 Å². The summed E-state index contributed by atoms with van der Waals surface area (Å²) in [6.07, 6.45) is 33.2. The summed E-state index contributed by atoms with van der Waals surface area (Å²) in [5, 5.41) is 0. The number of rotatable bonds is 29. The summed E-state index contributed by atoms with van der Waals surface area (Å²) in [4.78, 5) is 12.6. The maximum atomic E-state index is 12.6. The number of unbranched alkanes of at least 4 members (excludes halogenated alkanes) is 19. The van der Waals surface area contributed by atoms with Crippen LogP contribution in [-0.4, -0.2) is 12.6 Å². The Labute approximate surface area is 250 Å². The van der Waals surface area contributed by atoms with E-state index in [0.29, 0.717) is 13.0 Å². The standard InChI is InChI=1S/C38H68O2/c1-4-6-8-10-12-14-15-17-21-28-34-38(3,33-27-20-16-13-11-9-7-5-2)35-40-37(39)32-26-19-18-23-29-36-30-24-22-25-31-36/h22,24-25,30-31H,4-21,23,26-29,32-35H2,1-3H3. The third kappa shape index (κ3) is 22.4. The molecule has 0 saturated carbocycles. The second kappa shape index (κ2) is 26.6. The van der Waals surface area contributed by atoms with Crippen molar-refractivity contribution in [2.45, 2.75) is 188 Å². The quantitative estimate of drug-likeness (QED) is 0.0724. The number of esters is 1. The lowest BCUT2D eigenvalue weighted by molar-refractivity contribution is -0.147. The number of hydrogen-bond donors (Lipinski definition) is 0. The summed E-state index contributed by atoms with van der Waals surface area (Å²) in [7, 11) is 0. The summed E-state index contributed by atoms with van der Waals surface area (Å²) in [5.74, 6) is 0.0216. The van der Waals surface area contributed by atoms with E-state index in [2.05, 4.69) is 51.1 Å². The molecule has 1 aromatic rings. The van der Waals surface area contributed by atoms with Gasteiger partial charge in [-0.25, -0.2) is 0 Å². The van der Waals surface area contributed by atoms with E-state index in [4.69, 9.17) is 4.74 Å². The van der Waals surface area contributed by atoms with Gasteiger partial charge in [-0.3, -0.25) is 4.79 Å². The first kappa shape index (κ1) is 36.7. The molecule has 0 spiro atoms. The van der Waals surface area contributed by atoms with Gasteiger partial charge in [-0.1, -0.05) is 180 Å². The van der Waals surface area contributed by atoms with Gasteiger partial charge in [-0.15, -0.1) is 0 Å². The summed E-state index contributed by atoms with van der Waals surface area (Å²) in [6, 6.07) is 10.7. The van der Waals surface area contributed by atoms with Crippen molar-refractivity contribution < 1.29 is 9.53 Å². The van der Waals surface area contributed by atoms with Crippen molar-refractivity contribution in [3.63, 3.8) is 0 Å². The average molecular weight is 557 g/mol. The van der Waals surface area contributed by atoms with Gasteiger partial charge in [-0.2, -0.15) is 0 Å².